The van der Waals surface area contributed by atoms with E-state index in [1.54, 1.807) is 12.1 Å². The average molecular weight is 414 g/mol. The normalized spacial score (nSPS) is 19.2. The highest BCUT2D eigenvalue weighted by atomic mass is 19.4. The van der Waals surface area contributed by atoms with E-state index in [1.807, 2.05) is 0 Å². The number of anilines is 1. The van der Waals surface area contributed by atoms with E-state index in [4.69, 9.17) is 5.26 Å². The number of rotatable bonds is 4. The Morgan fingerprint density at radius 1 is 1.20 bits per heavy atom. The van der Waals surface area contributed by atoms with Gasteiger partial charge >= 0.3 is 12.2 Å². The molecule has 0 N–H and O–H groups in total. The summed E-state index contributed by atoms with van der Waals surface area (Å²) < 4.78 is 40.1. The lowest BCUT2D eigenvalue weighted by molar-refractivity contribution is -0.137. The summed E-state index contributed by atoms with van der Waals surface area (Å²) in [7, 11) is 0. The Labute approximate surface area is 170 Å². The zero-order valence-electron chi connectivity index (χ0n) is 15.9. The van der Waals surface area contributed by atoms with Crippen molar-refractivity contribution in [3.63, 3.8) is 0 Å². The Morgan fingerprint density at radius 3 is 2.37 bits per heavy atom. The fourth-order valence-electron chi connectivity index (χ4n) is 3.40. The molecule has 3 amide bonds. The van der Waals surface area contributed by atoms with E-state index in [-0.39, 0.29) is 5.69 Å². The Hall–Kier alpha value is -3.67. The van der Waals surface area contributed by atoms with E-state index in [0.29, 0.717) is 16.5 Å². The van der Waals surface area contributed by atoms with Crippen molar-refractivity contribution in [2.45, 2.75) is 25.6 Å². The highest BCUT2D eigenvalue weighted by molar-refractivity contribution is 6.23. The van der Waals surface area contributed by atoms with Crippen LogP contribution >= 0.6 is 0 Å². The number of alkyl halides is 3. The molecule has 1 heterocycles. The molecule has 0 spiro atoms. The predicted octanol–water partition coefficient (Wildman–Crippen LogP) is 3.65. The second-order valence-corrected chi connectivity index (χ2v) is 6.91. The number of Topliss-reactive ketones (excluding diaryl/α,β-unsaturated/α-hetero) is 1. The Morgan fingerprint density at radius 2 is 1.83 bits per heavy atom. The highest BCUT2D eigenvalue weighted by Gasteiger charge is 2.56. The summed E-state index contributed by atoms with van der Waals surface area (Å²) >= 11 is 0. The van der Waals surface area contributed by atoms with Gasteiger partial charge in [-0.3, -0.25) is 14.5 Å². The molecule has 0 aromatic heterocycles. The minimum absolute atomic E-state index is 0.337. The number of ketones is 1. The summed E-state index contributed by atoms with van der Waals surface area (Å²) in [5.74, 6) is -1.21. The van der Waals surface area contributed by atoms with E-state index in [0.717, 1.165) is 17.0 Å². The SMILES string of the molecule is CC(=O)CN1C(=O)N(c2ccc(C#N)c(C(F)(F)F)c2)C(=O)C1(C)c1cc[c]cc1. The van der Waals surface area contributed by atoms with Crippen molar-refractivity contribution in [3.05, 3.63) is 65.2 Å². The highest BCUT2D eigenvalue weighted by Crippen LogP contribution is 2.41. The molecule has 1 atom stereocenters. The number of hydrogen-bond acceptors (Lipinski definition) is 4. The number of urea groups is 1. The number of nitriles is 1. The molecular weight excluding hydrogens is 399 g/mol. The molecule has 30 heavy (non-hydrogen) atoms. The first-order valence-corrected chi connectivity index (χ1v) is 8.75. The lowest BCUT2D eigenvalue weighted by Crippen LogP contribution is -2.46. The molecule has 1 saturated heterocycles. The van der Waals surface area contributed by atoms with Crippen LogP contribution in [-0.4, -0.2) is 29.2 Å². The predicted molar refractivity (Wildman–Crippen MR) is 99.1 cm³/mol. The molecule has 0 aliphatic carbocycles. The summed E-state index contributed by atoms with van der Waals surface area (Å²) in [6.45, 7) is 2.27. The summed E-state index contributed by atoms with van der Waals surface area (Å²) in [6.07, 6.45) is -4.86. The molecule has 2 aromatic carbocycles. The fourth-order valence-corrected chi connectivity index (χ4v) is 3.40. The molecule has 9 heteroatoms. The maximum absolute atomic E-state index is 13.4. The van der Waals surface area contributed by atoms with Crippen LogP contribution < -0.4 is 4.90 Å². The second-order valence-electron chi connectivity index (χ2n) is 6.91. The van der Waals surface area contributed by atoms with Gasteiger partial charge in [0.15, 0.2) is 0 Å². The number of nitrogens with zero attached hydrogens (tertiary/aromatic N) is 3. The maximum Gasteiger partial charge on any atom is 0.417 e. The minimum atomic E-state index is -4.86. The van der Waals surface area contributed by atoms with E-state index in [2.05, 4.69) is 6.07 Å². The van der Waals surface area contributed by atoms with Gasteiger partial charge in [-0.15, -0.1) is 0 Å². The molecule has 0 saturated carbocycles. The Bertz CT molecular complexity index is 1080. The number of amides is 3. The number of carbonyl (C=O) groups is 3. The average Bonchev–Trinajstić information content (AvgIpc) is 2.88. The zero-order chi connectivity index (χ0) is 22.3. The number of hydrogen-bond donors (Lipinski definition) is 0. The molecular formula is C21H15F3N3O3. The summed E-state index contributed by atoms with van der Waals surface area (Å²) in [6, 6.07) is 12.0. The molecule has 1 aliphatic rings. The van der Waals surface area contributed by atoms with Crippen LogP contribution in [-0.2, 0) is 21.3 Å². The van der Waals surface area contributed by atoms with Gasteiger partial charge in [-0.25, -0.2) is 9.69 Å². The standard InChI is InChI=1S/C21H15F3N3O3/c1-13(28)12-26-19(30)27(18(29)20(26,2)15-6-4-3-5-7-15)16-9-8-14(11-25)17(10-16)21(22,23)24/h4-10H,12H2,1-2H3. The maximum atomic E-state index is 13.4. The number of imide groups is 1. The lowest BCUT2D eigenvalue weighted by Gasteiger charge is -2.31. The molecule has 6 nitrogen and oxygen atoms in total. The van der Waals surface area contributed by atoms with Crippen molar-refractivity contribution in [3.8, 4) is 6.07 Å². The van der Waals surface area contributed by atoms with Gasteiger partial charge in [0, 0.05) is 0 Å². The van der Waals surface area contributed by atoms with Gasteiger partial charge in [0.05, 0.1) is 29.4 Å². The third-order valence-corrected chi connectivity index (χ3v) is 4.93. The van der Waals surface area contributed by atoms with Gasteiger partial charge in [0.2, 0.25) is 0 Å². The van der Waals surface area contributed by atoms with Crippen LogP contribution in [0.4, 0.5) is 23.7 Å². The first-order valence-electron chi connectivity index (χ1n) is 8.75. The summed E-state index contributed by atoms with van der Waals surface area (Å²) in [5.41, 5.74) is -3.45. The zero-order valence-corrected chi connectivity index (χ0v) is 15.9. The van der Waals surface area contributed by atoms with Crippen LogP contribution in [0.25, 0.3) is 0 Å². The van der Waals surface area contributed by atoms with Gasteiger partial charge in [0.25, 0.3) is 5.91 Å². The monoisotopic (exact) mass is 414 g/mol. The molecule has 0 bridgehead atoms. The Kier molecular flexibility index (Phi) is 5.12. The van der Waals surface area contributed by atoms with Gasteiger partial charge in [-0.2, -0.15) is 18.4 Å². The number of benzene rings is 2. The van der Waals surface area contributed by atoms with Crippen LogP contribution in [0.3, 0.4) is 0 Å². The third-order valence-electron chi connectivity index (χ3n) is 4.93. The van der Waals surface area contributed by atoms with Crippen LogP contribution in [0.2, 0.25) is 0 Å². The minimum Gasteiger partial charge on any atom is -0.298 e. The number of carbonyl (C=O) groups excluding carboxylic acids is 3. The largest absolute Gasteiger partial charge is 0.417 e. The molecule has 3 rings (SSSR count). The van der Waals surface area contributed by atoms with Gasteiger partial charge in [-0.05, 0) is 43.7 Å². The van der Waals surface area contributed by atoms with Crippen LogP contribution in [0.5, 0.6) is 0 Å². The van der Waals surface area contributed by atoms with Gasteiger partial charge in [0.1, 0.15) is 11.3 Å². The molecule has 1 unspecified atom stereocenters. The van der Waals surface area contributed by atoms with Gasteiger partial charge in [-0.1, -0.05) is 24.3 Å². The molecule has 2 aromatic rings. The van der Waals surface area contributed by atoms with E-state index in [1.165, 1.54) is 32.0 Å². The Balaban J connectivity index is 2.18. The fraction of sp³-hybridized carbons (Fsp3) is 0.238. The van der Waals surface area contributed by atoms with E-state index in [9.17, 15) is 27.6 Å². The van der Waals surface area contributed by atoms with Crippen LogP contribution in [0.1, 0.15) is 30.5 Å². The molecule has 1 aliphatic heterocycles. The van der Waals surface area contributed by atoms with Crippen LogP contribution in [0.15, 0.2) is 42.5 Å². The van der Waals surface area contributed by atoms with Crippen molar-refractivity contribution in [1.82, 2.24) is 4.90 Å². The van der Waals surface area contributed by atoms with Crippen molar-refractivity contribution >= 4 is 23.4 Å². The number of halogens is 3. The first-order chi connectivity index (χ1) is 14.0. The topological polar surface area (TPSA) is 81.5 Å². The molecule has 1 radical (unpaired) electrons. The van der Waals surface area contributed by atoms with E-state index < -0.39 is 47.1 Å². The molecule has 153 valence electrons. The molecule has 1 fully saturated rings. The van der Waals surface area contributed by atoms with Crippen molar-refractivity contribution < 1.29 is 27.6 Å². The first kappa shape index (κ1) is 21.0. The second kappa shape index (κ2) is 7.30. The van der Waals surface area contributed by atoms with Crippen molar-refractivity contribution in [2.75, 3.05) is 11.4 Å². The quantitative estimate of drug-likeness (QED) is 0.716. The van der Waals surface area contributed by atoms with Gasteiger partial charge < -0.3 is 0 Å². The third kappa shape index (κ3) is 3.30. The smallest absolute Gasteiger partial charge is 0.298 e. The summed E-state index contributed by atoms with van der Waals surface area (Å²) in [4.78, 5) is 39.8. The van der Waals surface area contributed by atoms with Crippen LogP contribution in [0, 0.1) is 17.4 Å². The van der Waals surface area contributed by atoms with E-state index >= 15 is 0 Å². The lowest BCUT2D eigenvalue weighted by atomic mass is 9.90. The summed E-state index contributed by atoms with van der Waals surface area (Å²) in [5, 5.41) is 8.97. The van der Waals surface area contributed by atoms with Crippen molar-refractivity contribution in [2.24, 2.45) is 0 Å². The van der Waals surface area contributed by atoms with Crippen molar-refractivity contribution in [1.29, 1.82) is 5.26 Å².